The van der Waals surface area contributed by atoms with E-state index in [9.17, 15) is 19.2 Å². The molecule has 0 bridgehead atoms. The maximum absolute atomic E-state index is 13.0. The molecule has 35 heavy (non-hydrogen) atoms. The van der Waals surface area contributed by atoms with Gasteiger partial charge in [-0.25, -0.2) is 0 Å². The van der Waals surface area contributed by atoms with Gasteiger partial charge in [0.05, 0.1) is 6.54 Å². The SMILES string of the molecule is NC(=O)[C@H](CCCN=C(N)N)NC(=O)[C@H](Cc1ccccc1)NC(=O)CNC(=O)c1ccccc1. The van der Waals surface area contributed by atoms with Gasteiger partial charge in [0.15, 0.2) is 5.96 Å². The van der Waals surface area contributed by atoms with Gasteiger partial charge in [0.1, 0.15) is 12.1 Å². The van der Waals surface area contributed by atoms with Crippen molar-refractivity contribution in [2.45, 2.75) is 31.3 Å². The van der Waals surface area contributed by atoms with E-state index >= 15 is 0 Å². The molecular formula is C24H31N7O4. The molecule has 11 heteroatoms. The molecule has 0 radical (unpaired) electrons. The summed E-state index contributed by atoms with van der Waals surface area (Å²) in [7, 11) is 0. The van der Waals surface area contributed by atoms with Gasteiger partial charge in [-0.2, -0.15) is 0 Å². The van der Waals surface area contributed by atoms with E-state index in [0.29, 0.717) is 12.0 Å². The Morgan fingerprint density at radius 1 is 0.829 bits per heavy atom. The number of carbonyl (C=O) groups is 4. The summed E-state index contributed by atoms with van der Waals surface area (Å²) in [4.78, 5) is 53.5. The number of primary amides is 1. The van der Waals surface area contributed by atoms with Crippen LogP contribution in [0.1, 0.15) is 28.8 Å². The first-order valence-electron chi connectivity index (χ1n) is 11.1. The Morgan fingerprint density at radius 2 is 1.46 bits per heavy atom. The number of carbonyl (C=O) groups excluding carboxylic acids is 4. The summed E-state index contributed by atoms with van der Waals surface area (Å²) in [5, 5.41) is 7.74. The summed E-state index contributed by atoms with van der Waals surface area (Å²) in [5.74, 6) is -2.35. The quantitative estimate of drug-likeness (QED) is 0.123. The van der Waals surface area contributed by atoms with Crippen molar-refractivity contribution in [2.24, 2.45) is 22.2 Å². The van der Waals surface area contributed by atoms with E-state index in [-0.39, 0.29) is 31.9 Å². The fourth-order valence-corrected chi connectivity index (χ4v) is 3.22. The molecule has 0 aliphatic heterocycles. The zero-order chi connectivity index (χ0) is 25.6. The van der Waals surface area contributed by atoms with Crippen LogP contribution in [0.5, 0.6) is 0 Å². The van der Waals surface area contributed by atoms with E-state index in [4.69, 9.17) is 17.2 Å². The molecule has 186 valence electrons. The largest absolute Gasteiger partial charge is 0.370 e. The Balaban J connectivity index is 2.02. The summed E-state index contributed by atoms with van der Waals surface area (Å²) in [5.41, 5.74) is 17.2. The molecule has 0 unspecified atom stereocenters. The molecule has 0 aromatic heterocycles. The number of nitrogens with two attached hydrogens (primary N) is 3. The minimum atomic E-state index is -1.00. The van der Waals surface area contributed by atoms with E-state index in [2.05, 4.69) is 20.9 Å². The average molecular weight is 482 g/mol. The smallest absolute Gasteiger partial charge is 0.251 e. The number of amides is 4. The van der Waals surface area contributed by atoms with Crippen LogP contribution < -0.4 is 33.2 Å². The van der Waals surface area contributed by atoms with Crippen molar-refractivity contribution in [3.63, 3.8) is 0 Å². The molecule has 9 N–H and O–H groups in total. The number of aliphatic imine (C=N–C) groups is 1. The number of nitrogens with one attached hydrogen (secondary N) is 3. The summed E-state index contributed by atoms with van der Waals surface area (Å²) in [6.45, 7) is -0.0582. The first-order chi connectivity index (χ1) is 16.8. The van der Waals surface area contributed by atoms with Crippen molar-refractivity contribution in [1.82, 2.24) is 16.0 Å². The predicted octanol–water partition coefficient (Wildman–Crippen LogP) is -0.832. The summed E-state index contributed by atoms with van der Waals surface area (Å²) < 4.78 is 0. The normalized spacial score (nSPS) is 12.0. The first-order valence-corrected chi connectivity index (χ1v) is 11.1. The van der Waals surface area contributed by atoms with Crippen molar-refractivity contribution < 1.29 is 19.2 Å². The van der Waals surface area contributed by atoms with Gasteiger partial charge < -0.3 is 33.2 Å². The topological polar surface area (TPSA) is 195 Å². The average Bonchev–Trinajstić information content (AvgIpc) is 2.84. The number of hydrogen-bond donors (Lipinski definition) is 6. The predicted molar refractivity (Wildman–Crippen MR) is 132 cm³/mol. The highest BCUT2D eigenvalue weighted by Crippen LogP contribution is 2.06. The molecule has 0 heterocycles. The minimum absolute atomic E-state index is 0.0744. The molecule has 2 aromatic carbocycles. The Hall–Kier alpha value is -4.41. The van der Waals surface area contributed by atoms with Gasteiger partial charge in [0.25, 0.3) is 5.91 Å². The van der Waals surface area contributed by atoms with Crippen LogP contribution in [0.25, 0.3) is 0 Å². The van der Waals surface area contributed by atoms with E-state index in [1.807, 2.05) is 30.3 Å². The number of hydrogen-bond acceptors (Lipinski definition) is 5. The van der Waals surface area contributed by atoms with Crippen molar-refractivity contribution in [3.05, 3.63) is 71.8 Å². The number of benzene rings is 2. The van der Waals surface area contributed by atoms with Crippen LogP contribution in [0.3, 0.4) is 0 Å². The molecular weight excluding hydrogens is 450 g/mol. The van der Waals surface area contributed by atoms with Crippen LogP contribution in [-0.4, -0.2) is 54.8 Å². The van der Waals surface area contributed by atoms with Gasteiger partial charge in [-0.15, -0.1) is 0 Å². The number of rotatable bonds is 13. The second-order valence-electron chi connectivity index (χ2n) is 7.77. The molecule has 2 aromatic rings. The third-order valence-corrected chi connectivity index (χ3v) is 4.99. The summed E-state index contributed by atoms with van der Waals surface area (Å²) in [6.07, 6.45) is 0.800. The van der Waals surface area contributed by atoms with E-state index in [1.165, 1.54) is 0 Å². The first kappa shape index (κ1) is 26.8. The minimum Gasteiger partial charge on any atom is -0.370 e. The van der Waals surface area contributed by atoms with Crippen molar-refractivity contribution in [1.29, 1.82) is 0 Å². The summed E-state index contributed by atoms with van der Waals surface area (Å²) in [6, 6.07) is 15.5. The molecule has 0 fully saturated rings. The second kappa shape index (κ2) is 14.0. The lowest BCUT2D eigenvalue weighted by molar-refractivity contribution is -0.131. The van der Waals surface area contributed by atoms with Crippen LogP contribution in [0.2, 0.25) is 0 Å². The van der Waals surface area contributed by atoms with E-state index in [0.717, 1.165) is 5.56 Å². The zero-order valence-electron chi connectivity index (χ0n) is 19.3. The van der Waals surface area contributed by atoms with Crippen molar-refractivity contribution in [2.75, 3.05) is 13.1 Å². The van der Waals surface area contributed by atoms with E-state index < -0.39 is 35.7 Å². The molecule has 0 aliphatic carbocycles. The Kier molecular flexibility index (Phi) is 10.7. The number of guanidine groups is 1. The van der Waals surface area contributed by atoms with Gasteiger partial charge in [-0.3, -0.25) is 24.2 Å². The molecule has 2 rings (SSSR count). The lowest BCUT2D eigenvalue weighted by Crippen LogP contribution is -2.54. The molecule has 0 spiro atoms. The Bertz CT molecular complexity index is 1020. The highest BCUT2D eigenvalue weighted by Gasteiger charge is 2.26. The second-order valence-corrected chi connectivity index (χ2v) is 7.77. The lowest BCUT2D eigenvalue weighted by Gasteiger charge is -2.22. The van der Waals surface area contributed by atoms with Crippen LogP contribution >= 0.6 is 0 Å². The fraction of sp³-hybridized carbons (Fsp3) is 0.292. The van der Waals surface area contributed by atoms with Crippen LogP contribution in [0.4, 0.5) is 0 Å². The van der Waals surface area contributed by atoms with Gasteiger partial charge >= 0.3 is 0 Å². The fourth-order valence-electron chi connectivity index (χ4n) is 3.22. The molecule has 2 atom stereocenters. The zero-order valence-corrected chi connectivity index (χ0v) is 19.3. The number of nitrogens with zero attached hydrogens (tertiary/aromatic N) is 1. The highest BCUT2D eigenvalue weighted by molar-refractivity contribution is 5.97. The Morgan fingerprint density at radius 3 is 2.06 bits per heavy atom. The van der Waals surface area contributed by atoms with Gasteiger partial charge in [-0.1, -0.05) is 48.5 Å². The third-order valence-electron chi connectivity index (χ3n) is 4.99. The third kappa shape index (κ3) is 9.95. The van der Waals surface area contributed by atoms with Crippen LogP contribution in [0, 0.1) is 0 Å². The van der Waals surface area contributed by atoms with Gasteiger partial charge in [-0.05, 0) is 30.5 Å². The Labute approximate surface area is 203 Å². The highest BCUT2D eigenvalue weighted by atomic mass is 16.2. The lowest BCUT2D eigenvalue weighted by atomic mass is 10.0. The maximum Gasteiger partial charge on any atom is 0.251 e. The van der Waals surface area contributed by atoms with Crippen molar-refractivity contribution in [3.8, 4) is 0 Å². The van der Waals surface area contributed by atoms with E-state index in [1.54, 1.807) is 30.3 Å². The summed E-state index contributed by atoms with van der Waals surface area (Å²) >= 11 is 0. The van der Waals surface area contributed by atoms with Gasteiger partial charge in [0, 0.05) is 18.5 Å². The molecule has 0 saturated heterocycles. The van der Waals surface area contributed by atoms with Crippen LogP contribution in [0.15, 0.2) is 65.7 Å². The maximum atomic E-state index is 13.0. The molecule has 0 aliphatic rings. The monoisotopic (exact) mass is 481 g/mol. The molecule has 0 saturated carbocycles. The van der Waals surface area contributed by atoms with Gasteiger partial charge in [0.2, 0.25) is 17.7 Å². The van der Waals surface area contributed by atoms with Crippen LogP contribution in [-0.2, 0) is 20.8 Å². The molecule has 11 nitrogen and oxygen atoms in total. The van der Waals surface area contributed by atoms with Crippen molar-refractivity contribution >= 4 is 29.6 Å². The standard InChI is InChI=1S/C24H31N7O4/c25-21(33)18(12-7-13-28-24(26)27)31-23(35)19(14-16-8-3-1-4-9-16)30-20(32)15-29-22(34)17-10-5-2-6-11-17/h1-6,8-11,18-19H,7,12-15H2,(H2,25,33)(H,29,34)(H,30,32)(H,31,35)(H4,26,27,28)/t18-,19-/m0/s1. The molecule has 4 amide bonds.